The zero-order valence-electron chi connectivity index (χ0n) is 16.0. The molecule has 0 radical (unpaired) electrons. The SMILES string of the molecule is O=C(c1ccccc1Cl)N1CCN([C@@H](c2ccccc2)c2ccc(Br)cc2)CC1. The highest BCUT2D eigenvalue weighted by molar-refractivity contribution is 9.10. The molecule has 29 heavy (non-hydrogen) atoms. The van der Waals surface area contributed by atoms with Crippen LogP contribution in [-0.4, -0.2) is 41.9 Å². The molecule has 3 aromatic carbocycles. The average molecular weight is 470 g/mol. The smallest absolute Gasteiger partial charge is 0.255 e. The van der Waals surface area contributed by atoms with Crippen LogP contribution in [0.3, 0.4) is 0 Å². The molecule has 0 unspecified atom stereocenters. The molecule has 1 atom stereocenters. The summed E-state index contributed by atoms with van der Waals surface area (Å²) in [5.41, 5.74) is 3.10. The molecule has 3 aromatic rings. The van der Waals surface area contributed by atoms with Crippen LogP contribution in [0.15, 0.2) is 83.3 Å². The summed E-state index contributed by atoms with van der Waals surface area (Å²) in [6.07, 6.45) is 0. The van der Waals surface area contributed by atoms with Gasteiger partial charge in [-0.25, -0.2) is 0 Å². The first kappa shape index (κ1) is 20.1. The lowest BCUT2D eigenvalue weighted by Crippen LogP contribution is -2.49. The highest BCUT2D eigenvalue weighted by atomic mass is 79.9. The molecule has 1 aliphatic rings. The van der Waals surface area contributed by atoms with Gasteiger partial charge in [0.05, 0.1) is 16.6 Å². The fraction of sp³-hybridized carbons (Fsp3) is 0.208. The quantitative estimate of drug-likeness (QED) is 0.493. The van der Waals surface area contributed by atoms with Crippen molar-refractivity contribution in [2.75, 3.05) is 26.2 Å². The number of carbonyl (C=O) groups excluding carboxylic acids is 1. The monoisotopic (exact) mass is 468 g/mol. The third-order valence-corrected chi connectivity index (χ3v) is 6.23. The van der Waals surface area contributed by atoms with Gasteiger partial charge in [-0.1, -0.05) is 82.1 Å². The number of rotatable bonds is 4. The van der Waals surface area contributed by atoms with Crippen molar-refractivity contribution in [2.24, 2.45) is 0 Å². The van der Waals surface area contributed by atoms with Gasteiger partial charge in [-0.05, 0) is 35.4 Å². The number of nitrogens with zero attached hydrogens (tertiary/aromatic N) is 2. The molecule has 1 saturated heterocycles. The topological polar surface area (TPSA) is 23.6 Å². The first-order valence-electron chi connectivity index (χ1n) is 9.72. The third kappa shape index (κ3) is 4.55. The highest BCUT2D eigenvalue weighted by Gasteiger charge is 2.29. The van der Waals surface area contributed by atoms with E-state index < -0.39 is 0 Å². The van der Waals surface area contributed by atoms with E-state index in [0.29, 0.717) is 23.7 Å². The third-order valence-electron chi connectivity index (χ3n) is 5.37. The van der Waals surface area contributed by atoms with E-state index >= 15 is 0 Å². The van der Waals surface area contributed by atoms with Gasteiger partial charge in [0.2, 0.25) is 0 Å². The van der Waals surface area contributed by atoms with Crippen LogP contribution in [0.5, 0.6) is 0 Å². The van der Waals surface area contributed by atoms with Crippen LogP contribution in [0.4, 0.5) is 0 Å². The molecule has 0 spiro atoms. The van der Waals surface area contributed by atoms with Crippen LogP contribution in [0, 0.1) is 0 Å². The van der Waals surface area contributed by atoms with E-state index in [1.165, 1.54) is 11.1 Å². The van der Waals surface area contributed by atoms with Crippen molar-refractivity contribution in [3.8, 4) is 0 Å². The van der Waals surface area contributed by atoms with Crippen LogP contribution in [0.1, 0.15) is 27.5 Å². The maximum absolute atomic E-state index is 12.9. The van der Waals surface area contributed by atoms with E-state index in [-0.39, 0.29) is 11.9 Å². The Morgan fingerprint density at radius 2 is 1.38 bits per heavy atom. The molecule has 1 aliphatic heterocycles. The number of hydrogen-bond donors (Lipinski definition) is 0. The van der Waals surface area contributed by atoms with Gasteiger partial charge in [0.15, 0.2) is 0 Å². The van der Waals surface area contributed by atoms with Gasteiger partial charge < -0.3 is 4.90 Å². The van der Waals surface area contributed by atoms with E-state index in [4.69, 9.17) is 11.6 Å². The minimum Gasteiger partial charge on any atom is -0.336 e. The number of benzene rings is 3. The second kappa shape index (κ2) is 9.12. The Kier molecular flexibility index (Phi) is 6.34. The van der Waals surface area contributed by atoms with E-state index in [1.54, 1.807) is 12.1 Å². The molecule has 1 fully saturated rings. The van der Waals surface area contributed by atoms with Crippen LogP contribution in [0.25, 0.3) is 0 Å². The van der Waals surface area contributed by atoms with Gasteiger partial charge in [-0.2, -0.15) is 0 Å². The van der Waals surface area contributed by atoms with E-state index in [9.17, 15) is 4.79 Å². The number of carbonyl (C=O) groups is 1. The Bertz CT molecular complexity index is 970. The molecule has 1 heterocycles. The lowest BCUT2D eigenvalue weighted by Gasteiger charge is -2.40. The number of halogens is 2. The fourth-order valence-electron chi connectivity index (χ4n) is 3.88. The Morgan fingerprint density at radius 1 is 0.793 bits per heavy atom. The van der Waals surface area contributed by atoms with Crippen molar-refractivity contribution in [3.63, 3.8) is 0 Å². The van der Waals surface area contributed by atoms with Gasteiger partial charge in [0, 0.05) is 30.7 Å². The van der Waals surface area contributed by atoms with Crippen molar-refractivity contribution in [1.82, 2.24) is 9.80 Å². The minimum absolute atomic E-state index is 0.00940. The Balaban J connectivity index is 1.53. The summed E-state index contributed by atoms with van der Waals surface area (Å²) in [6, 6.07) is 26.5. The molecular formula is C24H22BrClN2O. The van der Waals surface area contributed by atoms with Gasteiger partial charge in [-0.15, -0.1) is 0 Å². The van der Waals surface area contributed by atoms with Gasteiger partial charge in [-0.3, -0.25) is 9.69 Å². The number of piperazine rings is 1. The van der Waals surface area contributed by atoms with Crippen molar-refractivity contribution >= 4 is 33.4 Å². The molecule has 0 N–H and O–H groups in total. The van der Waals surface area contributed by atoms with E-state index in [1.807, 2.05) is 23.1 Å². The van der Waals surface area contributed by atoms with Gasteiger partial charge >= 0.3 is 0 Å². The normalized spacial score (nSPS) is 15.9. The molecule has 1 amide bonds. The first-order chi connectivity index (χ1) is 14.1. The standard InChI is InChI=1S/C24H22BrClN2O/c25-20-12-10-19(11-13-20)23(18-6-2-1-3-7-18)27-14-16-28(17-15-27)24(29)21-8-4-5-9-22(21)26/h1-13,23H,14-17H2/t23-/m0/s1. The second-order valence-electron chi connectivity index (χ2n) is 7.17. The van der Waals surface area contributed by atoms with Crippen LogP contribution < -0.4 is 0 Å². The number of amides is 1. The van der Waals surface area contributed by atoms with Gasteiger partial charge in [0.25, 0.3) is 5.91 Å². The van der Waals surface area contributed by atoms with Crippen LogP contribution in [-0.2, 0) is 0 Å². The summed E-state index contributed by atoms with van der Waals surface area (Å²) in [7, 11) is 0. The largest absolute Gasteiger partial charge is 0.336 e. The van der Waals surface area contributed by atoms with Crippen molar-refractivity contribution < 1.29 is 4.79 Å². The van der Waals surface area contributed by atoms with Crippen molar-refractivity contribution in [1.29, 1.82) is 0 Å². The molecule has 0 aromatic heterocycles. The van der Waals surface area contributed by atoms with E-state index in [2.05, 4.69) is 69.4 Å². The predicted octanol–water partition coefficient (Wildman–Crippen LogP) is 5.65. The van der Waals surface area contributed by atoms with E-state index in [0.717, 1.165) is 17.6 Å². The Morgan fingerprint density at radius 3 is 2.03 bits per heavy atom. The lowest BCUT2D eigenvalue weighted by atomic mass is 9.96. The van der Waals surface area contributed by atoms with Crippen LogP contribution >= 0.6 is 27.5 Å². The van der Waals surface area contributed by atoms with Crippen LogP contribution in [0.2, 0.25) is 5.02 Å². The van der Waals surface area contributed by atoms with Crippen molar-refractivity contribution in [2.45, 2.75) is 6.04 Å². The summed E-state index contributed by atoms with van der Waals surface area (Å²) < 4.78 is 1.07. The zero-order valence-corrected chi connectivity index (χ0v) is 18.3. The first-order valence-corrected chi connectivity index (χ1v) is 10.9. The summed E-state index contributed by atoms with van der Waals surface area (Å²) in [5.74, 6) is 0.00940. The zero-order chi connectivity index (χ0) is 20.2. The molecule has 0 saturated carbocycles. The summed E-state index contributed by atoms with van der Waals surface area (Å²) >= 11 is 9.76. The molecule has 148 valence electrons. The number of hydrogen-bond acceptors (Lipinski definition) is 2. The second-order valence-corrected chi connectivity index (χ2v) is 8.50. The molecule has 4 rings (SSSR count). The molecular weight excluding hydrogens is 448 g/mol. The fourth-order valence-corrected chi connectivity index (χ4v) is 4.36. The predicted molar refractivity (Wildman–Crippen MR) is 121 cm³/mol. The molecule has 0 bridgehead atoms. The minimum atomic E-state index is 0.00940. The summed E-state index contributed by atoms with van der Waals surface area (Å²) in [4.78, 5) is 17.2. The highest BCUT2D eigenvalue weighted by Crippen LogP contribution is 2.31. The van der Waals surface area contributed by atoms with Gasteiger partial charge in [0.1, 0.15) is 0 Å². The van der Waals surface area contributed by atoms with Crippen molar-refractivity contribution in [3.05, 3.63) is 105 Å². The Labute approximate surface area is 185 Å². The molecule has 3 nitrogen and oxygen atoms in total. The molecule has 0 aliphatic carbocycles. The summed E-state index contributed by atoms with van der Waals surface area (Å²) in [5, 5.41) is 0.511. The maximum Gasteiger partial charge on any atom is 0.255 e. The Hall–Kier alpha value is -2.14. The maximum atomic E-state index is 12.9. The molecule has 5 heteroatoms. The lowest BCUT2D eigenvalue weighted by molar-refractivity contribution is 0.0597. The average Bonchev–Trinajstić information content (AvgIpc) is 2.76. The summed E-state index contributed by atoms with van der Waals surface area (Å²) in [6.45, 7) is 2.99.